The summed E-state index contributed by atoms with van der Waals surface area (Å²) in [6, 6.07) is 1.04. The molecule has 3 atom stereocenters. The van der Waals surface area contributed by atoms with Gasteiger partial charge in [0, 0.05) is 12.1 Å². The number of carbonyl (C=O) groups excluding carboxylic acids is 1. The highest BCUT2D eigenvalue weighted by molar-refractivity contribution is 5.85. The monoisotopic (exact) mass is 255 g/mol. The average Bonchev–Trinajstić information content (AvgIpc) is 2.74. The van der Waals surface area contributed by atoms with Crippen LogP contribution in [-0.4, -0.2) is 42.0 Å². The molecule has 1 amide bonds. The predicted molar refractivity (Wildman–Crippen MR) is 75.4 cm³/mol. The molecule has 0 radical (unpaired) electrons. The van der Waals surface area contributed by atoms with Crippen molar-refractivity contribution in [3.8, 4) is 0 Å². The van der Waals surface area contributed by atoms with Crippen LogP contribution >= 0.6 is 0 Å². The molecule has 0 aromatic rings. The maximum Gasteiger partial charge on any atom is 0.237 e. The van der Waals surface area contributed by atoms with Gasteiger partial charge in [-0.05, 0) is 46.2 Å². The number of likely N-dealkylation sites (N-methyl/N-ethyl adjacent to an activating group) is 1. The van der Waals surface area contributed by atoms with Crippen LogP contribution in [0, 0.1) is 0 Å². The molecular weight excluding hydrogens is 226 g/mol. The van der Waals surface area contributed by atoms with E-state index in [1.165, 1.54) is 12.8 Å². The van der Waals surface area contributed by atoms with Crippen LogP contribution in [0.5, 0.6) is 0 Å². The van der Waals surface area contributed by atoms with E-state index in [0.717, 1.165) is 25.8 Å². The molecule has 0 aliphatic heterocycles. The third kappa shape index (κ3) is 3.23. The van der Waals surface area contributed by atoms with E-state index < -0.39 is 5.54 Å². The van der Waals surface area contributed by atoms with Crippen LogP contribution in [0.4, 0.5) is 0 Å². The predicted octanol–water partition coefficient (Wildman–Crippen LogP) is 1.49. The topological polar surface area (TPSA) is 58.4 Å². The van der Waals surface area contributed by atoms with Gasteiger partial charge in [-0.1, -0.05) is 20.3 Å². The van der Waals surface area contributed by atoms with Gasteiger partial charge in [0.25, 0.3) is 0 Å². The van der Waals surface area contributed by atoms with E-state index in [0.29, 0.717) is 12.1 Å². The van der Waals surface area contributed by atoms with Gasteiger partial charge in [-0.3, -0.25) is 4.79 Å². The Morgan fingerprint density at radius 1 is 1.56 bits per heavy atom. The summed E-state index contributed by atoms with van der Waals surface area (Å²) in [5.41, 5.74) is 5.12. The second-order valence-electron chi connectivity index (χ2n) is 5.68. The van der Waals surface area contributed by atoms with Crippen molar-refractivity contribution >= 4 is 5.91 Å². The lowest BCUT2D eigenvalue weighted by Crippen LogP contribution is -2.54. The zero-order valence-electron chi connectivity index (χ0n) is 12.3. The van der Waals surface area contributed by atoms with Crippen molar-refractivity contribution < 1.29 is 4.79 Å². The lowest BCUT2D eigenvalue weighted by atomic mass is 9.96. The Balaban J connectivity index is 2.65. The van der Waals surface area contributed by atoms with Crippen LogP contribution < -0.4 is 11.1 Å². The molecule has 3 N–H and O–H groups in total. The molecule has 0 heterocycles. The highest BCUT2D eigenvalue weighted by atomic mass is 16.1. The number of rotatable bonds is 7. The van der Waals surface area contributed by atoms with Gasteiger partial charge in [0.15, 0.2) is 0 Å². The molecule has 1 aliphatic rings. The Morgan fingerprint density at radius 2 is 2.22 bits per heavy atom. The number of amides is 1. The van der Waals surface area contributed by atoms with Crippen LogP contribution in [0.2, 0.25) is 0 Å². The smallest absolute Gasteiger partial charge is 0.237 e. The van der Waals surface area contributed by atoms with Crippen LogP contribution in [-0.2, 0) is 4.79 Å². The van der Waals surface area contributed by atoms with Crippen LogP contribution in [0.25, 0.3) is 0 Å². The summed E-state index contributed by atoms with van der Waals surface area (Å²) in [5, 5.41) is 3.31. The molecule has 0 aromatic heterocycles. The summed E-state index contributed by atoms with van der Waals surface area (Å²) in [6.07, 6.45) is 5.18. The van der Waals surface area contributed by atoms with Gasteiger partial charge in [0.1, 0.15) is 0 Å². The Hall–Kier alpha value is -0.610. The largest absolute Gasteiger partial charge is 0.368 e. The molecule has 1 rings (SSSR count). The summed E-state index contributed by atoms with van der Waals surface area (Å²) < 4.78 is 0. The fourth-order valence-electron chi connectivity index (χ4n) is 3.16. The number of hydrogen-bond donors (Lipinski definition) is 2. The van der Waals surface area contributed by atoms with E-state index in [2.05, 4.69) is 31.1 Å². The van der Waals surface area contributed by atoms with Crippen molar-refractivity contribution in [3.05, 3.63) is 0 Å². The lowest BCUT2D eigenvalue weighted by Gasteiger charge is -2.32. The number of hydrogen-bond acceptors (Lipinski definition) is 3. The zero-order valence-corrected chi connectivity index (χ0v) is 12.3. The molecule has 0 aromatic carbocycles. The molecule has 1 saturated carbocycles. The zero-order chi connectivity index (χ0) is 13.8. The van der Waals surface area contributed by atoms with Gasteiger partial charge < -0.3 is 16.0 Å². The molecule has 4 heteroatoms. The SMILES string of the molecule is CCCC(C)N(C)C1CCC(NCC)(C(N)=O)C1. The first kappa shape index (κ1) is 15.4. The number of nitrogens with zero attached hydrogens (tertiary/aromatic N) is 1. The van der Waals surface area contributed by atoms with E-state index >= 15 is 0 Å². The highest BCUT2D eigenvalue weighted by Crippen LogP contribution is 2.33. The van der Waals surface area contributed by atoms with Crippen molar-refractivity contribution in [2.24, 2.45) is 5.73 Å². The minimum absolute atomic E-state index is 0.191. The van der Waals surface area contributed by atoms with Gasteiger partial charge in [0.2, 0.25) is 5.91 Å². The molecule has 0 bridgehead atoms. The highest BCUT2D eigenvalue weighted by Gasteiger charge is 2.44. The molecule has 3 unspecified atom stereocenters. The lowest BCUT2D eigenvalue weighted by molar-refractivity contribution is -0.124. The van der Waals surface area contributed by atoms with Gasteiger partial charge in [-0.15, -0.1) is 0 Å². The fraction of sp³-hybridized carbons (Fsp3) is 0.929. The summed E-state index contributed by atoms with van der Waals surface area (Å²) in [7, 11) is 2.17. The molecule has 106 valence electrons. The van der Waals surface area contributed by atoms with E-state index in [-0.39, 0.29) is 5.91 Å². The van der Waals surface area contributed by atoms with Crippen molar-refractivity contribution in [2.75, 3.05) is 13.6 Å². The molecule has 18 heavy (non-hydrogen) atoms. The van der Waals surface area contributed by atoms with Crippen molar-refractivity contribution in [1.82, 2.24) is 10.2 Å². The Kier molecular flexibility index (Phi) is 5.60. The number of nitrogens with two attached hydrogens (primary N) is 1. The average molecular weight is 255 g/mol. The van der Waals surface area contributed by atoms with E-state index in [1.54, 1.807) is 0 Å². The van der Waals surface area contributed by atoms with E-state index in [9.17, 15) is 4.79 Å². The summed E-state index contributed by atoms with van der Waals surface area (Å²) >= 11 is 0. The number of carbonyl (C=O) groups is 1. The Labute approximate surface area is 111 Å². The Bertz CT molecular complexity index is 282. The molecule has 4 nitrogen and oxygen atoms in total. The minimum Gasteiger partial charge on any atom is -0.368 e. The first-order valence-electron chi connectivity index (χ1n) is 7.23. The molecule has 1 aliphatic carbocycles. The fourth-order valence-corrected chi connectivity index (χ4v) is 3.16. The number of nitrogens with one attached hydrogen (secondary N) is 1. The second-order valence-corrected chi connectivity index (χ2v) is 5.68. The van der Waals surface area contributed by atoms with Gasteiger partial charge >= 0.3 is 0 Å². The third-order valence-electron chi connectivity index (χ3n) is 4.45. The van der Waals surface area contributed by atoms with Crippen LogP contribution in [0.3, 0.4) is 0 Å². The maximum absolute atomic E-state index is 11.7. The van der Waals surface area contributed by atoms with E-state index in [1.807, 2.05) is 6.92 Å². The van der Waals surface area contributed by atoms with Crippen molar-refractivity contribution in [1.29, 1.82) is 0 Å². The van der Waals surface area contributed by atoms with Gasteiger partial charge in [0.05, 0.1) is 5.54 Å². The van der Waals surface area contributed by atoms with Crippen LogP contribution in [0.1, 0.15) is 52.9 Å². The third-order valence-corrected chi connectivity index (χ3v) is 4.45. The summed E-state index contributed by atoms with van der Waals surface area (Å²) in [6.45, 7) is 7.30. The minimum atomic E-state index is -0.473. The molecule has 0 spiro atoms. The summed E-state index contributed by atoms with van der Waals surface area (Å²) in [4.78, 5) is 14.1. The van der Waals surface area contributed by atoms with Crippen molar-refractivity contribution in [2.45, 2.75) is 70.5 Å². The van der Waals surface area contributed by atoms with Crippen molar-refractivity contribution in [3.63, 3.8) is 0 Å². The molecule has 1 fully saturated rings. The molecular formula is C14H29N3O. The first-order chi connectivity index (χ1) is 8.46. The summed E-state index contributed by atoms with van der Waals surface area (Å²) in [5.74, 6) is -0.191. The molecule has 0 saturated heterocycles. The normalized spacial score (nSPS) is 29.7. The number of primary amides is 1. The standard InChI is InChI=1S/C14H29N3O/c1-5-7-11(3)17(4)12-8-9-14(10-12,13(15)18)16-6-2/h11-12,16H,5-10H2,1-4H3,(H2,15,18). The van der Waals surface area contributed by atoms with Gasteiger partial charge in [-0.25, -0.2) is 0 Å². The van der Waals surface area contributed by atoms with Gasteiger partial charge in [-0.2, -0.15) is 0 Å². The van der Waals surface area contributed by atoms with E-state index in [4.69, 9.17) is 5.73 Å². The van der Waals surface area contributed by atoms with Crippen LogP contribution in [0.15, 0.2) is 0 Å². The quantitative estimate of drug-likeness (QED) is 0.724. The Morgan fingerprint density at radius 3 is 2.72 bits per heavy atom. The second kappa shape index (κ2) is 6.53. The first-order valence-corrected chi connectivity index (χ1v) is 7.23. The maximum atomic E-state index is 11.7.